The van der Waals surface area contributed by atoms with E-state index in [0.717, 1.165) is 32.1 Å². The fraction of sp³-hybridized carbons (Fsp3) is 0.864. The van der Waals surface area contributed by atoms with Crippen molar-refractivity contribution in [2.75, 3.05) is 6.61 Å². The van der Waals surface area contributed by atoms with Crippen LogP contribution in [0.2, 0.25) is 0 Å². The molecule has 0 rings (SSSR count). The first-order valence-electron chi connectivity index (χ1n) is 10.9. The average Bonchev–Trinajstić information content (AvgIpc) is 2.64. The van der Waals surface area contributed by atoms with Crippen molar-refractivity contribution < 1.29 is 15.0 Å². The van der Waals surface area contributed by atoms with Crippen molar-refractivity contribution in [3.63, 3.8) is 0 Å². The van der Waals surface area contributed by atoms with Crippen LogP contribution in [0.15, 0.2) is 12.2 Å². The Morgan fingerprint density at radius 3 is 2.00 bits per heavy atom. The van der Waals surface area contributed by atoms with E-state index in [1.54, 1.807) is 6.08 Å². The minimum atomic E-state index is -0.825. The first kappa shape index (κ1) is 25.1. The monoisotopic (exact) mass is 369 g/mol. The highest BCUT2D eigenvalue weighted by molar-refractivity contribution is 5.76. The summed E-state index contributed by atoms with van der Waals surface area (Å²) in [6.45, 7) is 4.09. The standard InChI is InChI=1S/C22H43NO3/c1-3-5-7-8-9-10-11-12-13-14-16-17-21(25)20(19-24)23-22(26)18-15-6-4-2/h16-17,20-21,24-25H,3-15,18-19H2,1-2H3,(H,23,26)/b17-16+. The number of aliphatic hydroxyl groups excluding tert-OH is 2. The summed E-state index contributed by atoms with van der Waals surface area (Å²) in [5.41, 5.74) is 0. The molecule has 0 aliphatic heterocycles. The van der Waals surface area contributed by atoms with Gasteiger partial charge < -0.3 is 15.5 Å². The molecule has 0 heterocycles. The molecule has 154 valence electrons. The Hall–Kier alpha value is -0.870. The van der Waals surface area contributed by atoms with E-state index < -0.39 is 12.1 Å². The zero-order chi connectivity index (χ0) is 19.5. The quantitative estimate of drug-likeness (QED) is 0.238. The first-order valence-corrected chi connectivity index (χ1v) is 10.9. The Labute approximate surface area is 161 Å². The molecule has 4 nitrogen and oxygen atoms in total. The fourth-order valence-corrected chi connectivity index (χ4v) is 3.00. The van der Waals surface area contributed by atoms with Crippen molar-refractivity contribution in [1.82, 2.24) is 5.32 Å². The molecule has 3 N–H and O–H groups in total. The van der Waals surface area contributed by atoms with Gasteiger partial charge in [-0.05, 0) is 19.3 Å². The molecule has 2 unspecified atom stereocenters. The van der Waals surface area contributed by atoms with E-state index in [1.165, 1.54) is 51.4 Å². The van der Waals surface area contributed by atoms with Gasteiger partial charge in [0.05, 0.1) is 18.8 Å². The van der Waals surface area contributed by atoms with Gasteiger partial charge in [-0.15, -0.1) is 0 Å². The lowest BCUT2D eigenvalue weighted by Crippen LogP contribution is -2.45. The summed E-state index contributed by atoms with van der Waals surface area (Å²) in [6, 6.07) is -0.608. The number of hydrogen-bond acceptors (Lipinski definition) is 3. The average molecular weight is 370 g/mol. The number of nitrogens with one attached hydrogen (secondary N) is 1. The van der Waals surface area contributed by atoms with Crippen molar-refractivity contribution in [3.05, 3.63) is 12.2 Å². The third-order valence-electron chi connectivity index (χ3n) is 4.77. The molecule has 0 aromatic carbocycles. The second kappa shape index (κ2) is 18.9. The lowest BCUT2D eigenvalue weighted by Gasteiger charge is -2.19. The van der Waals surface area contributed by atoms with Crippen LogP contribution in [0.25, 0.3) is 0 Å². The molecule has 4 heteroatoms. The normalized spacial score (nSPS) is 13.8. The number of carbonyl (C=O) groups is 1. The Morgan fingerprint density at radius 1 is 0.885 bits per heavy atom. The van der Waals surface area contributed by atoms with Gasteiger partial charge >= 0.3 is 0 Å². The molecular formula is C22H43NO3. The van der Waals surface area contributed by atoms with Crippen LogP contribution in [0.4, 0.5) is 0 Å². The zero-order valence-corrected chi connectivity index (χ0v) is 17.2. The maximum atomic E-state index is 11.8. The third-order valence-corrected chi connectivity index (χ3v) is 4.77. The Kier molecular flexibility index (Phi) is 18.3. The van der Waals surface area contributed by atoms with Crippen LogP contribution in [0.5, 0.6) is 0 Å². The van der Waals surface area contributed by atoms with Crippen molar-refractivity contribution >= 4 is 5.91 Å². The molecular weight excluding hydrogens is 326 g/mol. The molecule has 0 saturated carbocycles. The lowest BCUT2D eigenvalue weighted by molar-refractivity contribution is -0.123. The van der Waals surface area contributed by atoms with Gasteiger partial charge in [0.2, 0.25) is 5.91 Å². The summed E-state index contributed by atoms with van der Waals surface area (Å²) < 4.78 is 0. The van der Waals surface area contributed by atoms with E-state index in [1.807, 2.05) is 6.08 Å². The van der Waals surface area contributed by atoms with Crippen LogP contribution in [0.3, 0.4) is 0 Å². The van der Waals surface area contributed by atoms with Crippen LogP contribution < -0.4 is 5.32 Å². The predicted molar refractivity (Wildman–Crippen MR) is 110 cm³/mol. The molecule has 0 aromatic heterocycles. The Morgan fingerprint density at radius 2 is 1.42 bits per heavy atom. The molecule has 26 heavy (non-hydrogen) atoms. The van der Waals surface area contributed by atoms with Crippen LogP contribution in [-0.4, -0.2) is 34.9 Å². The van der Waals surface area contributed by atoms with Gasteiger partial charge in [-0.25, -0.2) is 0 Å². The number of unbranched alkanes of at least 4 members (excludes halogenated alkanes) is 11. The van der Waals surface area contributed by atoms with Crippen molar-refractivity contribution in [1.29, 1.82) is 0 Å². The van der Waals surface area contributed by atoms with E-state index in [2.05, 4.69) is 19.2 Å². The number of carbonyl (C=O) groups excluding carboxylic acids is 1. The third kappa shape index (κ3) is 15.4. The maximum Gasteiger partial charge on any atom is 0.220 e. The van der Waals surface area contributed by atoms with Gasteiger partial charge in [-0.3, -0.25) is 4.79 Å². The summed E-state index contributed by atoms with van der Waals surface area (Å²) in [4.78, 5) is 11.8. The van der Waals surface area contributed by atoms with Crippen LogP contribution in [-0.2, 0) is 4.79 Å². The molecule has 0 bridgehead atoms. The number of allylic oxidation sites excluding steroid dienone is 1. The van der Waals surface area contributed by atoms with Gasteiger partial charge in [-0.2, -0.15) is 0 Å². The maximum absolute atomic E-state index is 11.8. The molecule has 0 fully saturated rings. The van der Waals surface area contributed by atoms with Gasteiger partial charge in [0.15, 0.2) is 0 Å². The summed E-state index contributed by atoms with van der Waals surface area (Å²) in [6.07, 6.45) is 18.9. The largest absolute Gasteiger partial charge is 0.394 e. The van der Waals surface area contributed by atoms with Crippen molar-refractivity contribution in [2.24, 2.45) is 0 Å². The van der Waals surface area contributed by atoms with Crippen LogP contribution in [0, 0.1) is 0 Å². The summed E-state index contributed by atoms with van der Waals surface area (Å²) in [5.74, 6) is -0.0936. The minimum absolute atomic E-state index is 0.0936. The first-order chi connectivity index (χ1) is 12.7. The van der Waals surface area contributed by atoms with Crippen LogP contribution >= 0.6 is 0 Å². The smallest absolute Gasteiger partial charge is 0.220 e. The molecule has 1 amide bonds. The second-order valence-corrected chi connectivity index (χ2v) is 7.35. The fourth-order valence-electron chi connectivity index (χ4n) is 3.00. The molecule has 0 saturated heterocycles. The number of amides is 1. The molecule has 0 spiro atoms. The Balaban J connectivity index is 3.74. The SMILES string of the molecule is CCCCCCCCCCC/C=C/C(O)C(CO)NC(=O)CCCCC. The van der Waals surface area contributed by atoms with Crippen molar-refractivity contribution in [2.45, 2.75) is 116 Å². The summed E-state index contributed by atoms with van der Waals surface area (Å²) in [5, 5.41) is 22.2. The number of rotatable bonds is 18. The highest BCUT2D eigenvalue weighted by Crippen LogP contribution is 2.11. The second-order valence-electron chi connectivity index (χ2n) is 7.35. The van der Waals surface area contributed by atoms with Crippen molar-refractivity contribution in [3.8, 4) is 0 Å². The lowest BCUT2D eigenvalue weighted by atomic mass is 10.1. The minimum Gasteiger partial charge on any atom is -0.394 e. The molecule has 2 atom stereocenters. The van der Waals surface area contributed by atoms with E-state index >= 15 is 0 Å². The van der Waals surface area contributed by atoms with Gasteiger partial charge in [0.25, 0.3) is 0 Å². The number of aliphatic hydroxyl groups is 2. The summed E-state index contributed by atoms with van der Waals surface area (Å²) in [7, 11) is 0. The zero-order valence-electron chi connectivity index (χ0n) is 17.2. The van der Waals surface area contributed by atoms with Crippen LogP contribution in [0.1, 0.15) is 104 Å². The highest BCUT2D eigenvalue weighted by atomic mass is 16.3. The van der Waals surface area contributed by atoms with E-state index in [-0.39, 0.29) is 12.5 Å². The molecule has 0 radical (unpaired) electrons. The van der Waals surface area contributed by atoms with E-state index in [4.69, 9.17) is 0 Å². The molecule has 0 aliphatic carbocycles. The topological polar surface area (TPSA) is 69.6 Å². The van der Waals surface area contributed by atoms with Gasteiger partial charge in [0.1, 0.15) is 0 Å². The predicted octanol–water partition coefficient (Wildman–Crippen LogP) is 4.88. The Bertz CT molecular complexity index is 344. The highest BCUT2D eigenvalue weighted by Gasteiger charge is 2.17. The molecule has 0 aliphatic rings. The summed E-state index contributed by atoms with van der Waals surface area (Å²) >= 11 is 0. The molecule has 0 aromatic rings. The van der Waals surface area contributed by atoms with Gasteiger partial charge in [-0.1, -0.05) is 90.2 Å². The number of hydrogen-bond donors (Lipinski definition) is 3. The van der Waals surface area contributed by atoms with Gasteiger partial charge in [0, 0.05) is 6.42 Å². The van der Waals surface area contributed by atoms with E-state index in [9.17, 15) is 15.0 Å². The van der Waals surface area contributed by atoms with E-state index in [0.29, 0.717) is 6.42 Å².